The van der Waals surface area contributed by atoms with E-state index in [9.17, 15) is 18.0 Å². The van der Waals surface area contributed by atoms with E-state index in [0.717, 1.165) is 21.0 Å². The molecule has 4 aromatic rings. The lowest BCUT2D eigenvalue weighted by atomic mass is 10.0. The molecule has 0 unspecified atom stereocenters. The number of nitrogens with zero attached hydrogens (tertiary/aromatic N) is 2. The van der Waals surface area contributed by atoms with Gasteiger partial charge in [0.15, 0.2) is 0 Å². The number of halogens is 1. The number of hydrogen-bond donors (Lipinski definition) is 1. The SMILES string of the molecule is Cc1cccc(CN(C(=O)CN(c2ccccc2)S(=O)(=O)c2ccc(Cl)cc2)[C@H](Cc2ccccc2)C(=O)NCC(C)C)c1. The Morgan fingerprint density at radius 3 is 2.05 bits per heavy atom. The van der Waals surface area contributed by atoms with Crippen molar-refractivity contribution in [2.24, 2.45) is 5.92 Å². The van der Waals surface area contributed by atoms with E-state index < -0.39 is 28.5 Å². The van der Waals surface area contributed by atoms with Crippen LogP contribution in [-0.4, -0.2) is 44.3 Å². The number of sulfonamides is 1. The van der Waals surface area contributed by atoms with E-state index in [2.05, 4.69) is 5.32 Å². The molecule has 2 amide bonds. The minimum Gasteiger partial charge on any atom is -0.354 e. The molecule has 0 radical (unpaired) electrons. The third-order valence-electron chi connectivity index (χ3n) is 7.12. The van der Waals surface area contributed by atoms with Crippen LogP contribution in [0.5, 0.6) is 0 Å². The quantitative estimate of drug-likeness (QED) is 0.189. The second kappa shape index (κ2) is 15.0. The summed E-state index contributed by atoms with van der Waals surface area (Å²) in [7, 11) is -4.18. The Morgan fingerprint density at radius 1 is 0.818 bits per heavy atom. The van der Waals surface area contributed by atoms with E-state index in [1.165, 1.54) is 29.2 Å². The highest BCUT2D eigenvalue weighted by molar-refractivity contribution is 7.92. The highest BCUT2D eigenvalue weighted by atomic mass is 35.5. The summed E-state index contributed by atoms with van der Waals surface area (Å²) in [6.07, 6.45) is 0.262. The lowest BCUT2D eigenvalue weighted by Gasteiger charge is -2.34. The van der Waals surface area contributed by atoms with E-state index in [1.807, 2.05) is 75.4 Å². The Hall–Kier alpha value is -4.14. The van der Waals surface area contributed by atoms with Gasteiger partial charge >= 0.3 is 0 Å². The van der Waals surface area contributed by atoms with Crippen LogP contribution in [0.3, 0.4) is 0 Å². The van der Waals surface area contributed by atoms with Crippen molar-refractivity contribution in [1.29, 1.82) is 0 Å². The van der Waals surface area contributed by atoms with Crippen molar-refractivity contribution in [2.75, 3.05) is 17.4 Å². The molecular weight excluding hydrogens is 594 g/mol. The van der Waals surface area contributed by atoms with Crippen LogP contribution in [0.25, 0.3) is 0 Å². The molecule has 0 saturated heterocycles. The monoisotopic (exact) mass is 631 g/mol. The van der Waals surface area contributed by atoms with Gasteiger partial charge in [-0.3, -0.25) is 13.9 Å². The van der Waals surface area contributed by atoms with Crippen molar-refractivity contribution >= 4 is 39.1 Å². The van der Waals surface area contributed by atoms with Crippen molar-refractivity contribution in [3.05, 3.63) is 131 Å². The van der Waals surface area contributed by atoms with E-state index >= 15 is 0 Å². The second-order valence-electron chi connectivity index (χ2n) is 11.2. The van der Waals surface area contributed by atoms with E-state index in [0.29, 0.717) is 17.3 Å². The second-order valence-corrected chi connectivity index (χ2v) is 13.5. The zero-order valence-electron chi connectivity index (χ0n) is 25.2. The Balaban J connectivity index is 1.78. The molecule has 0 bridgehead atoms. The smallest absolute Gasteiger partial charge is 0.264 e. The number of amides is 2. The Labute approximate surface area is 265 Å². The Kier molecular flexibility index (Phi) is 11.2. The maximum absolute atomic E-state index is 14.4. The minimum absolute atomic E-state index is 0.000649. The summed E-state index contributed by atoms with van der Waals surface area (Å²) >= 11 is 6.04. The summed E-state index contributed by atoms with van der Waals surface area (Å²) < 4.78 is 29.1. The highest BCUT2D eigenvalue weighted by Gasteiger charge is 2.34. The largest absolute Gasteiger partial charge is 0.354 e. The maximum atomic E-state index is 14.4. The first-order chi connectivity index (χ1) is 21.0. The van der Waals surface area contributed by atoms with E-state index in [1.54, 1.807) is 30.3 Å². The molecule has 7 nitrogen and oxygen atoms in total. The van der Waals surface area contributed by atoms with Gasteiger partial charge in [0.1, 0.15) is 12.6 Å². The highest BCUT2D eigenvalue weighted by Crippen LogP contribution is 2.26. The van der Waals surface area contributed by atoms with Gasteiger partial charge < -0.3 is 10.2 Å². The molecule has 0 aromatic heterocycles. The predicted molar refractivity (Wildman–Crippen MR) is 176 cm³/mol. The van der Waals surface area contributed by atoms with Crippen molar-refractivity contribution in [1.82, 2.24) is 10.2 Å². The number of aryl methyl sites for hydroxylation is 1. The van der Waals surface area contributed by atoms with Gasteiger partial charge in [-0.15, -0.1) is 0 Å². The standard InChI is InChI=1S/C35H38ClN3O4S/c1-26(2)23-37-35(41)33(22-28-12-6-4-7-13-28)38(24-29-14-10-11-27(3)21-29)34(40)25-39(31-15-8-5-9-16-31)44(42,43)32-19-17-30(36)18-20-32/h4-21,26,33H,22-25H2,1-3H3,(H,37,41)/t33-/m1/s1. The first kappa shape index (κ1) is 32.8. The summed E-state index contributed by atoms with van der Waals surface area (Å²) in [5.41, 5.74) is 3.05. The molecular formula is C35H38ClN3O4S. The molecule has 0 spiro atoms. The van der Waals surface area contributed by atoms with Crippen LogP contribution in [-0.2, 0) is 32.6 Å². The van der Waals surface area contributed by atoms with Crippen LogP contribution in [0.2, 0.25) is 5.02 Å². The van der Waals surface area contributed by atoms with Crippen molar-refractivity contribution in [3.63, 3.8) is 0 Å². The minimum atomic E-state index is -4.18. The summed E-state index contributed by atoms with van der Waals surface area (Å²) in [6.45, 7) is 6.02. The lowest BCUT2D eigenvalue weighted by molar-refractivity contribution is -0.140. The number of nitrogens with one attached hydrogen (secondary N) is 1. The first-order valence-electron chi connectivity index (χ1n) is 14.5. The van der Waals surface area contributed by atoms with Crippen molar-refractivity contribution in [3.8, 4) is 0 Å². The van der Waals surface area contributed by atoms with Gasteiger partial charge in [0.25, 0.3) is 10.0 Å². The van der Waals surface area contributed by atoms with Crippen LogP contribution in [0, 0.1) is 12.8 Å². The molecule has 4 aromatic carbocycles. The van der Waals surface area contributed by atoms with Crippen LogP contribution >= 0.6 is 11.6 Å². The third-order valence-corrected chi connectivity index (χ3v) is 9.16. The first-order valence-corrected chi connectivity index (χ1v) is 16.4. The number of hydrogen-bond acceptors (Lipinski definition) is 4. The Bertz CT molecular complexity index is 1650. The fourth-order valence-electron chi connectivity index (χ4n) is 4.84. The van der Waals surface area contributed by atoms with Gasteiger partial charge in [-0.05, 0) is 60.4 Å². The van der Waals surface area contributed by atoms with Crippen molar-refractivity contribution in [2.45, 2.75) is 44.7 Å². The third kappa shape index (κ3) is 8.71. The molecule has 0 aliphatic rings. The maximum Gasteiger partial charge on any atom is 0.264 e. The zero-order valence-corrected chi connectivity index (χ0v) is 26.8. The number of anilines is 1. The molecule has 0 aliphatic carbocycles. The summed E-state index contributed by atoms with van der Waals surface area (Å²) in [4.78, 5) is 29.8. The van der Waals surface area contributed by atoms with Gasteiger partial charge in [-0.1, -0.05) is 104 Å². The fourth-order valence-corrected chi connectivity index (χ4v) is 6.38. The van der Waals surface area contributed by atoms with Crippen LogP contribution < -0.4 is 9.62 Å². The lowest BCUT2D eigenvalue weighted by Crippen LogP contribution is -2.53. The molecule has 44 heavy (non-hydrogen) atoms. The number of rotatable bonds is 13. The van der Waals surface area contributed by atoms with Gasteiger partial charge in [-0.25, -0.2) is 8.42 Å². The molecule has 0 aliphatic heterocycles. The molecule has 230 valence electrons. The van der Waals surface area contributed by atoms with E-state index in [-0.39, 0.29) is 29.7 Å². The molecule has 1 N–H and O–H groups in total. The van der Waals surface area contributed by atoms with Gasteiger partial charge in [0.05, 0.1) is 10.6 Å². The molecule has 4 rings (SSSR count). The predicted octanol–water partition coefficient (Wildman–Crippen LogP) is 6.26. The van der Waals surface area contributed by atoms with Gasteiger partial charge in [0, 0.05) is 24.5 Å². The average Bonchev–Trinajstić information content (AvgIpc) is 3.01. The van der Waals surface area contributed by atoms with Gasteiger partial charge in [-0.2, -0.15) is 0 Å². The fraction of sp³-hybridized carbons (Fsp3) is 0.257. The van der Waals surface area contributed by atoms with Crippen LogP contribution in [0.15, 0.2) is 114 Å². The molecule has 1 atom stereocenters. The summed E-state index contributed by atoms with van der Waals surface area (Å²) in [5, 5.41) is 3.40. The van der Waals surface area contributed by atoms with Crippen LogP contribution in [0.4, 0.5) is 5.69 Å². The number of para-hydroxylation sites is 1. The number of benzene rings is 4. The van der Waals surface area contributed by atoms with Gasteiger partial charge in [0.2, 0.25) is 11.8 Å². The summed E-state index contributed by atoms with van der Waals surface area (Å²) in [6, 6.07) is 30.7. The summed E-state index contributed by atoms with van der Waals surface area (Å²) in [5.74, 6) is -0.598. The number of carbonyl (C=O) groups is 2. The average molecular weight is 632 g/mol. The molecule has 0 fully saturated rings. The van der Waals surface area contributed by atoms with Crippen molar-refractivity contribution < 1.29 is 18.0 Å². The van der Waals surface area contributed by atoms with E-state index in [4.69, 9.17) is 11.6 Å². The normalized spacial score (nSPS) is 12.0. The Morgan fingerprint density at radius 2 is 1.43 bits per heavy atom. The topological polar surface area (TPSA) is 86.8 Å². The molecule has 0 saturated carbocycles. The molecule has 0 heterocycles. The van der Waals surface area contributed by atoms with Crippen LogP contribution in [0.1, 0.15) is 30.5 Å². The number of carbonyl (C=O) groups excluding carboxylic acids is 2. The zero-order chi connectivity index (χ0) is 31.7. The molecule has 9 heteroatoms.